The van der Waals surface area contributed by atoms with Gasteiger partial charge >= 0.3 is 6.18 Å². The molecular weight excluding hydrogens is 249 g/mol. The van der Waals surface area contributed by atoms with Gasteiger partial charge in [0.2, 0.25) is 5.91 Å². The minimum absolute atomic E-state index is 0.331. The van der Waals surface area contributed by atoms with E-state index in [2.05, 4.69) is 0 Å². The number of carbonyl (C=O) groups is 1. The van der Waals surface area contributed by atoms with Gasteiger partial charge in [-0.3, -0.25) is 9.59 Å². The predicted molar refractivity (Wildman–Crippen MR) is 56.9 cm³/mol. The summed E-state index contributed by atoms with van der Waals surface area (Å²) < 4.78 is 38.2. The van der Waals surface area contributed by atoms with Gasteiger partial charge in [-0.15, -0.1) is 0 Å². The Hall–Kier alpha value is -1.79. The predicted octanol–water partition coefficient (Wildman–Crippen LogP) is 1.10. The lowest BCUT2D eigenvalue weighted by Gasteiger charge is -2.31. The van der Waals surface area contributed by atoms with Crippen molar-refractivity contribution >= 4 is 5.91 Å². The third-order valence-corrected chi connectivity index (χ3v) is 2.83. The van der Waals surface area contributed by atoms with Crippen LogP contribution in [-0.4, -0.2) is 28.5 Å². The van der Waals surface area contributed by atoms with Crippen LogP contribution >= 0.6 is 0 Å². The quantitative estimate of drug-likeness (QED) is 0.799. The molecule has 0 atom stereocenters. The van der Waals surface area contributed by atoms with Crippen LogP contribution in [0.15, 0.2) is 23.1 Å². The van der Waals surface area contributed by atoms with Crippen molar-refractivity contribution < 1.29 is 18.0 Å². The summed E-state index contributed by atoms with van der Waals surface area (Å²) in [5.74, 6) is -0.331. The Bertz CT molecular complexity index is 518. The highest BCUT2D eigenvalue weighted by molar-refractivity contribution is 5.76. The molecule has 0 aliphatic carbocycles. The molecule has 1 saturated heterocycles. The van der Waals surface area contributed by atoms with E-state index >= 15 is 0 Å². The fraction of sp³-hybridized carbons (Fsp3) is 0.455. The Kier molecular flexibility index (Phi) is 3.14. The van der Waals surface area contributed by atoms with Gasteiger partial charge in [0.15, 0.2) is 0 Å². The molecule has 18 heavy (non-hydrogen) atoms. The zero-order chi connectivity index (χ0) is 13.3. The van der Waals surface area contributed by atoms with E-state index in [1.165, 1.54) is 4.90 Å². The molecule has 1 aliphatic heterocycles. The van der Waals surface area contributed by atoms with Crippen LogP contribution in [0.25, 0.3) is 0 Å². The molecule has 7 heteroatoms. The molecule has 1 aromatic heterocycles. The largest absolute Gasteiger partial charge is 0.417 e. The SMILES string of the molecule is O=C(Cn1cc(C(F)(F)F)ccc1=O)N1CCC1. The first-order chi connectivity index (χ1) is 8.38. The summed E-state index contributed by atoms with van der Waals surface area (Å²) in [6.45, 7) is 0.863. The van der Waals surface area contributed by atoms with Crippen molar-refractivity contribution in [3.05, 3.63) is 34.2 Å². The molecule has 1 aromatic rings. The zero-order valence-corrected chi connectivity index (χ0v) is 9.41. The van der Waals surface area contributed by atoms with Crippen molar-refractivity contribution in [2.24, 2.45) is 0 Å². The molecule has 0 radical (unpaired) electrons. The summed E-state index contributed by atoms with van der Waals surface area (Å²) >= 11 is 0. The average Bonchev–Trinajstić information content (AvgIpc) is 2.16. The molecule has 0 saturated carbocycles. The monoisotopic (exact) mass is 260 g/mol. The second-order valence-corrected chi connectivity index (χ2v) is 4.12. The van der Waals surface area contributed by atoms with Crippen LogP contribution in [0.5, 0.6) is 0 Å². The van der Waals surface area contributed by atoms with Crippen molar-refractivity contribution in [2.45, 2.75) is 19.1 Å². The Balaban J connectivity index is 2.21. The highest BCUT2D eigenvalue weighted by Gasteiger charge is 2.31. The van der Waals surface area contributed by atoms with Gasteiger partial charge in [0.05, 0.1) is 5.56 Å². The van der Waals surface area contributed by atoms with E-state index in [0.29, 0.717) is 25.4 Å². The highest BCUT2D eigenvalue weighted by Crippen LogP contribution is 2.28. The highest BCUT2D eigenvalue weighted by atomic mass is 19.4. The van der Waals surface area contributed by atoms with Crippen LogP contribution in [-0.2, 0) is 17.5 Å². The number of carbonyl (C=O) groups excluding carboxylic acids is 1. The van der Waals surface area contributed by atoms with E-state index in [9.17, 15) is 22.8 Å². The number of nitrogens with zero attached hydrogens (tertiary/aromatic N) is 2. The van der Waals surface area contributed by atoms with Crippen LogP contribution in [0, 0.1) is 0 Å². The van der Waals surface area contributed by atoms with Crippen molar-refractivity contribution in [1.82, 2.24) is 9.47 Å². The molecule has 0 unspecified atom stereocenters. The van der Waals surface area contributed by atoms with Gasteiger partial charge in [-0.25, -0.2) is 0 Å². The number of aromatic nitrogens is 1. The minimum Gasteiger partial charge on any atom is -0.341 e. The molecule has 1 amide bonds. The topological polar surface area (TPSA) is 42.3 Å². The van der Waals surface area contributed by atoms with Gasteiger partial charge in [-0.1, -0.05) is 0 Å². The van der Waals surface area contributed by atoms with E-state index in [0.717, 1.165) is 17.1 Å². The summed E-state index contributed by atoms with van der Waals surface area (Å²) in [4.78, 5) is 24.5. The molecule has 0 bridgehead atoms. The first-order valence-electron chi connectivity index (χ1n) is 5.43. The number of alkyl halides is 3. The lowest BCUT2D eigenvalue weighted by Crippen LogP contribution is -2.44. The van der Waals surface area contributed by atoms with Gasteiger partial charge in [0.1, 0.15) is 6.54 Å². The van der Waals surface area contributed by atoms with E-state index < -0.39 is 17.3 Å². The molecule has 0 aromatic carbocycles. The Morgan fingerprint density at radius 1 is 1.28 bits per heavy atom. The van der Waals surface area contributed by atoms with Crippen molar-refractivity contribution in [1.29, 1.82) is 0 Å². The van der Waals surface area contributed by atoms with Gasteiger partial charge < -0.3 is 9.47 Å². The number of rotatable bonds is 2. The molecular formula is C11H11F3N2O2. The summed E-state index contributed by atoms with van der Waals surface area (Å²) in [6, 6.07) is 1.54. The number of halogens is 3. The maximum Gasteiger partial charge on any atom is 0.417 e. The van der Waals surface area contributed by atoms with Crippen LogP contribution in [0.1, 0.15) is 12.0 Å². The summed E-state index contributed by atoms with van der Waals surface area (Å²) in [7, 11) is 0. The molecule has 98 valence electrons. The summed E-state index contributed by atoms with van der Waals surface area (Å²) in [5, 5.41) is 0. The van der Waals surface area contributed by atoms with Crippen LogP contribution in [0.3, 0.4) is 0 Å². The third-order valence-electron chi connectivity index (χ3n) is 2.83. The fourth-order valence-corrected chi connectivity index (χ4v) is 1.63. The van der Waals surface area contributed by atoms with Crippen LogP contribution in [0.4, 0.5) is 13.2 Å². The van der Waals surface area contributed by atoms with Gasteiger partial charge in [0.25, 0.3) is 5.56 Å². The molecule has 1 fully saturated rings. The van der Waals surface area contributed by atoms with Gasteiger partial charge in [-0.05, 0) is 12.5 Å². The molecule has 2 heterocycles. The molecule has 1 aliphatic rings. The second kappa shape index (κ2) is 4.47. The zero-order valence-electron chi connectivity index (χ0n) is 9.41. The Morgan fingerprint density at radius 2 is 1.94 bits per heavy atom. The van der Waals surface area contributed by atoms with Crippen molar-refractivity contribution in [2.75, 3.05) is 13.1 Å². The number of pyridine rings is 1. The van der Waals surface area contributed by atoms with Crippen molar-refractivity contribution in [3.8, 4) is 0 Å². The average molecular weight is 260 g/mol. The molecule has 0 spiro atoms. The molecule has 2 rings (SSSR count). The summed E-state index contributed by atoms with van der Waals surface area (Å²) in [5.41, 5.74) is -1.55. The standard InChI is InChI=1S/C11H11F3N2O2/c12-11(13,14)8-2-3-9(17)16(6-8)7-10(18)15-4-1-5-15/h2-3,6H,1,4-5,7H2. The van der Waals surface area contributed by atoms with E-state index in [-0.39, 0.29) is 12.5 Å². The van der Waals surface area contributed by atoms with Crippen LogP contribution < -0.4 is 5.56 Å². The Labute approximate surface area is 101 Å². The maximum atomic E-state index is 12.5. The van der Waals surface area contributed by atoms with E-state index in [1.54, 1.807) is 0 Å². The number of hydrogen-bond donors (Lipinski definition) is 0. The normalized spacial score (nSPS) is 15.4. The smallest absolute Gasteiger partial charge is 0.341 e. The number of amides is 1. The summed E-state index contributed by atoms with van der Waals surface area (Å²) in [6.07, 6.45) is -2.95. The first-order valence-corrected chi connectivity index (χ1v) is 5.43. The van der Waals surface area contributed by atoms with Gasteiger partial charge in [-0.2, -0.15) is 13.2 Å². The third kappa shape index (κ3) is 2.55. The van der Waals surface area contributed by atoms with E-state index in [4.69, 9.17) is 0 Å². The minimum atomic E-state index is -4.52. The lowest BCUT2D eigenvalue weighted by atomic mass is 10.2. The Morgan fingerprint density at radius 3 is 2.44 bits per heavy atom. The fourth-order valence-electron chi connectivity index (χ4n) is 1.63. The number of likely N-dealkylation sites (tertiary alicyclic amines) is 1. The lowest BCUT2D eigenvalue weighted by molar-refractivity contribution is -0.139. The molecule has 4 nitrogen and oxygen atoms in total. The van der Waals surface area contributed by atoms with E-state index in [1.807, 2.05) is 0 Å². The second-order valence-electron chi connectivity index (χ2n) is 4.12. The number of hydrogen-bond acceptors (Lipinski definition) is 2. The van der Waals surface area contributed by atoms with Gasteiger partial charge in [0, 0.05) is 25.4 Å². The van der Waals surface area contributed by atoms with Crippen molar-refractivity contribution in [3.63, 3.8) is 0 Å². The first kappa shape index (κ1) is 12.7. The molecule has 0 N–H and O–H groups in total. The van der Waals surface area contributed by atoms with Crippen LogP contribution in [0.2, 0.25) is 0 Å². The maximum absolute atomic E-state index is 12.5.